The lowest BCUT2D eigenvalue weighted by molar-refractivity contribution is 0.145. The van der Waals surface area contributed by atoms with Gasteiger partial charge in [0.25, 0.3) is 0 Å². The van der Waals surface area contributed by atoms with Crippen LogP contribution in [0.3, 0.4) is 0 Å². The molecule has 1 saturated heterocycles. The minimum absolute atomic E-state index is 0.150. The highest BCUT2D eigenvalue weighted by Gasteiger charge is 2.18. The number of benzene rings is 1. The van der Waals surface area contributed by atoms with Gasteiger partial charge in [0.2, 0.25) is 0 Å². The summed E-state index contributed by atoms with van der Waals surface area (Å²) < 4.78 is 0. The van der Waals surface area contributed by atoms with Crippen molar-refractivity contribution in [2.24, 2.45) is 5.16 Å². The van der Waals surface area contributed by atoms with Crippen LogP contribution in [0.15, 0.2) is 23.4 Å². The Morgan fingerprint density at radius 1 is 1.39 bits per heavy atom. The van der Waals surface area contributed by atoms with Gasteiger partial charge in [0.05, 0.1) is 6.10 Å². The fourth-order valence-corrected chi connectivity index (χ4v) is 2.31. The zero-order chi connectivity index (χ0) is 13.0. The minimum atomic E-state index is -0.150. The number of hydrogen-bond acceptors (Lipinski definition) is 4. The quantitative estimate of drug-likeness (QED) is 0.330. The summed E-state index contributed by atoms with van der Waals surface area (Å²) in [7, 11) is 0. The Bertz CT molecular complexity index is 426. The summed E-state index contributed by atoms with van der Waals surface area (Å²) in [5, 5.41) is 23.6. The van der Waals surface area contributed by atoms with E-state index in [0.29, 0.717) is 0 Å². The third kappa shape index (κ3) is 2.92. The maximum atomic E-state index is 9.51. The number of anilines is 2. The van der Waals surface area contributed by atoms with Crippen LogP contribution >= 0.6 is 0 Å². The lowest BCUT2D eigenvalue weighted by Crippen LogP contribution is -2.36. The number of aliphatic hydroxyl groups excluding tert-OH is 1. The van der Waals surface area contributed by atoms with E-state index in [1.807, 2.05) is 12.1 Å². The first-order valence-corrected chi connectivity index (χ1v) is 6.17. The van der Waals surface area contributed by atoms with Crippen LogP contribution in [-0.4, -0.2) is 35.8 Å². The van der Waals surface area contributed by atoms with Crippen molar-refractivity contribution in [3.05, 3.63) is 23.8 Å². The lowest BCUT2D eigenvalue weighted by atomic mass is 10.1. The third-order valence-electron chi connectivity index (χ3n) is 3.29. The first-order valence-electron chi connectivity index (χ1n) is 6.17. The average Bonchev–Trinajstić information content (AvgIpc) is 2.38. The van der Waals surface area contributed by atoms with E-state index in [9.17, 15) is 5.11 Å². The van der Waals surface area contributed by atoms with Crippen molar-refractivity contribution in [1.29, 1.82) is 0 Å². The predicted octanol–water partition coefficient (Wildman–Crippen LogP) is 1.79. The monoisotopic (exact) mass is 249 g/mol. The van der Waals surface area contributed by atoms with Crippen molar-refractivity contribution >= 4 is 17.7 Å². The Kier molecular flexibility index (Phi) is 4.04. The van der Waals surface area contributed by atoms with Crippen LogP contribution < -0.4 is 10.2 Å². The standard InChI is InChI=1S/C13H19N3O2/c1-10-8-11(14-9-15-18)2-3-13(10)16-6-4-12(17)5-7-16/h2-3,8-9,12,17-18H,4-7H2,1H3,(H,14,15). The molecule has 98 valence electrons. The third-order valence-corrected chi connectivity index (χ3v) is 3.29. The number of nitrogens with zero attached hydrogens (tertiary/aromatic N) is 2. The second-order valence-corrected chi connectivity index (χ2v) is 4.61. The smallest absolute Gasteiger partial charge is 0.132 e. The van der Waals surface area contributed by atoms with Crippen molar-refractivity contribution < 1.29 is 10.3 Å². The Morgan fingerprint density at radius 2 is 2.11 bits per heavy atom. The molecule has 0 unspecified atom stereocenters. The Morgan fingerprint density at radius 3 is 2.72 bits per heavy atom. The molecule has 1 aliphatic rings. The first-order chi connectivity index (χ1) is 8.70. The van der Waals surface area contributed by atoms with E-state index in [0.717, 1.165) is 31.6 Å². The molecule has 0 atom stereocenters. The molecule has 0 saturated carbocycles. The molecule has 3 N–H and O–H groups in total. The number of piperidine rings is 1. The molecule has 5 heteroatoms. The van der Waals surface area contributed by atoms with Crippen LogP contribution in [0.1, 0.15) is 18.4 Å². The molecular formula is C13H19N3O2. The van der Waals surface area contributed by atoms with Crippen molar-refractivity contribution in [3.63, 3.8) is 0 Å². The highest BCUT2D eigenvalue weighted by Crippen LogP contribution is 2.26. The van der Waals surface area contributed by atoms with Gasteiger partial charge in [-0.3, -0.25) is 0 Å². The van der Waals surface area contributed by atoms with Crippen LogP contribution in [0.5, 0.6) is 0 Å². The second-order valence-electron chi connectivity index (χ2n) is 4.61. The van der Waals surface area contributed by atoms with E-state index in [4.69, 9.17) is 5.21 Å². The topological polar surface area (TPSA) is 68.1 Å². The fourth-order valence-electron chi connectivity index (χ4n) is 2.31. The molecule has 1 fully saturated rings. The number of oxime groups is 1. The highest BCUT2D eigenvalue weighted by atomic mass is 16.4. The number of rotatable bonds is 3. The Balaban J connectivity index is 2.09. The highest BCUT2D eigenvalue weighted by molar-refractivity contribution is 5.76. The number of nitrogens with one attached hydrogen (secondary N) is 1. The lowest BCUT2D eigenvalue weighted by Gasteiger charge is -2.32. The van der Waals surface area contributed by atoms with Crippen molar-refractivity contribution in [3.8, 4) is 0 Å². The summed E-state index contributed by atoms with van der Waals surface area (Å²) >= 11 is 0. The number of hydrogen-bond donors (Lipinski definition) is 3. The molecule has 5 nitrogen and oxygen atoms in total. The summed E-state index contributed by atoms with van der Waals surface area (Å²) in [4.78, 5) is 2.30. The molecule has 1 aromatic rings. The molecule has 1 aliphatic heterocycles. The van der Waals surface area contributed by atoms with Crippen LogP contribution in [0.25, 0.3) is 0 Å². The van der Waals surface area contributed by atoms with Crippen molar-refractivity contribution in [2.45, 2.75) is 25.9 Å². The van der Waals surface area contributed by atoms with Gasteiger partial charge < -0.3 is 20.5 Å². The zero-order valence-electron chi connectivity index (χ0n) is 10.5. The molecule has 0 amide bonds. The van der Waals surface area contributed by atoms with Gasteiger partial charge in [-0.05, 0) is 43.5 Å². The maximum absolute atomic E-state index is 9.51. The van der Waals surface area contributed by atoms with Gasteiger partial charge in [-0.2, -0.15) is 0 Å². The van der Waals surface area contributed by atoms with E-state index >= 15 is 0 Å². The second kappa shape index (κ2) is 5.73. The molecule has 0 radical (unpaired) electrons. The summed E-state index contributed by atoms with van der Waals surface area (Å²) in [6.45, 7) is 3.85. The molecule has 1 aromatic carbocycles. The van der Waals surface area contributed by atoms with Crippen LogP contribution in [0, 0.1) is 6.92 Å². The van der Waals surface area contributed by atoms with Gasteiger partial charge in [-0.1, -0.05) is 5.16 Å². The van der Waals surface area contributed by atoms with Gasteiger partial charge >= 0.3 is 0 Å². The molecule has 1 heterocycles. The van der Waals surface area contributed by atoms with E-state index in [1.165, 1.54) is 17.6 Å². The SMILES string of the molecule is Cc1cc(N/C=N/O)ccc1N1CCC(O)CC1. The van der Waals surface area contributed by atoms with E-state index in [2.05, 4.69) is 28.4 Å². The summed E-state index contributed by atoms with van der Waals surface area (Å²) in [6, 6.07) is 6.03. The normalized spacial score (nSPS) is 17.3. The number of aryl methyl sites for hydroxylation is 1. The minimum Gasteiger partial charge on any atom is -0.410 e. The van der Waals surface area contributed by atoms with Crippen LogP contribution in [0.2, 0.25) is 0 Å². The molecule has 0 aliphatic carbocycles. The molecular weight excluding hydrogens is 230 g/mol. The van der Waals surface area contributed by atoms with Gasteiger partial charge in [0.1, 0.15) is 6.34 Å². The molecule has 0 bridgehead atoms. The average molecular weight is 249 g/mol. The first kappa shape index (κ1) is 12.7. The summed E-state index contributed by atoms with van der Waals surface area (Å²) in [6.07, 6.45) is 2.75. The summed E-state index contributed by atoms with van der Waals surface area (Å²) in [5.41, 5.74) is 3.27. The zero-order valence-corrected chi connectivity index (χ0v) is 10.5. The fraction of sp³-hybridized carbons (Fsp3) is 0.462. The number of aliphatic hydroxyl groups is 1. The maximum Gasteiger partial charge on any atom is 0.132 e. The molecule has 18 heavy (non-hydrogen) atoms. The largest absolute Gasteiger partial charge is 0.410 e. The van der Waals surface area contributed by atoms with Crippen LogP contribution in [0.4, 0.5) is 11.4 Å². The van der Waals surface area contributed by atoms with Crippen LogP contribution in [-0.2, 0) is 0 Å². The van der Waals surface area contributed by atoms with Gasteiger partial charge in [0, 0.05) is 24.5 Å². The van der Waals surface area contributed by atoms with E-state index in [1.54, 1.807) is 0 Å². The molecule has 0 spiro atoms. The van der Waals surface area contributed by atoms with Gasteiger partial charge in [-0.25, -0.2) is 0 Å². The molecule has 0 aromatic heterocycles. The summed E-state index contributed by atoms with van der Waals surface area (Å²) in [5.74, 6) is 0. The Hall–Kier alpha value is -1.75. The molecule has 2 rings (SSSR count). The van der Waals surface area contributed by atoms with Crippen molar-refractivity contribution in [1.82, 2.24) is 0 Å². The van der Waals surface area contributed by atoms with Gasteiger partial charge in [0.15, 0.2) is 0 Å². The van der Waals surface area contributed by atoms with E-state index in [-0.39, 0.29) is 6.10 Å². The van der Waals surface area contributed by atoms with E-state index < -0.39 is 0 Å². The van der Waals surface area contributed by atoms with Gasteiger partial charge in [-0.15, -0.1) is 0 Å². The Labute approximate surface area is 107 Å². The van der Waals surface area contributed by atoms with Crippen molar-refractivity contribution in [2.75, 3.05) is 23.3 Å². The predicted molar refractivity (Wildman–Crippen MR) is 72.5 cm³/mol.